The smallest absolute Gasteiger partial charge is 0.193 e. The number of hydrogen-bond acceptors (Lipinski definition) is 3. The van der Waals surface area contributed by atoms with Crippen LogP contribution in [0.15, 0.2) is 23.2 Å². The highest BCUT2D eigenvalue weighted by Crippen LogP contribution is 2.29. The zero-order valence-corrected chi connectivity index (χ0v) is 13.0. The Kier molecular flexibility index (Phi) is 4.53. The summed E-state index contributed by atoms with van der Waals surface area (Å²) >= 11 is 5.86. The summed E-state index contributed by atoms with van der Waals surface area (Å²) in [5, 5.41) is 3.49. The molecule has 0 atom stereocenters. The number of nitrogens with one attached hydrogen (secondary N) is 1. The molecule has 110 valence electrons. The molecule has 0 amide bonds. The molecular formula is C15H21ClFN3. The molecule has 1 aliphatic heterocycles. The maximum absolute atomic E-state index is 14.1. The summed E-state index contributed by atoms with van der Waals surface area (Å²) in [5.74, 6) is 0.548. The highest BCUT2D eigenvalue weighted by molar-refractivity contribution is 6.30. The Labute approximate surface area is 124 Å². The zero-order chi connectivity index (χ0) is 14.8. The van der Waals surface area contributed by atoms with E-state index in [2.05, 4.69) is 15.2 Å². The van der Waals surface area contributed by atoms with Crippen molar-refractivity contribution < 1.29 is 4.39 Å². The van der Waals surface area contributed by atoms with Gasteiger partial charge in [0, 0.05) is 32.1 Å². The first-order valence-corrected chi connectivity index (χ1v) is 7.23. The molecule has 0 aliphatic carbocycles. The van der Waals surface area contributed by atoms with E-state index in [0.29, 0.717) is 12.1 Å². The Morgan fingerprint density at radius 1 is 1.45 bits per heavy atom. The van der Waals surface area contributed by atoms with Crippen molar-refractivity contribution in [1.82, 2.24) is 10.2 Å². The fourth-order valence-corrected chi connectivity index (χ4v) is 2.51. The van der Waals surface area contributed by atoms with Gasteiger partial charge in [0.25, 0.3) is 0 Å². The molecule has 3 nitrogen and oxygen atoms in total. The van der Waals surface area contributed by atoms with E-state index >= 15 is 0 Å². The third-order valence-electron chi connectivity index (χ3n) is 3.64. The molecule has 0 bridgehead atoms. The van der Waals surface area contributed by atoms with E-state index in [1.807, 2.05) is 20.9 Å². The molecule has 0 fully saturated rings. The number of rotatable bonds is 3. The lowest BCUT2D eigenvalue weighted by Gasteiger charge is -2.31. The predicted octanol–water partition coefficient (Wildman–Crippen LogP) is 3.04. The fourth-order valence-electron chi connectivity index (χ4n) is 2.33. The van der Waals surface area contributed by atoms with Crippen LogP contribution in [0.3, 0.4) is 0 Å². The van der Waals surface area contributed by atoms with Gasteiger partial charge < -0.3 is 10.2 Å². The minimum atomic E-state index is -0.365. The van der Waals surface area contributed by atoms with Gasteiger partial charge in [0.1, 0.15) is 5.82 Å². The van der Waals surface area contributed by atoms with Gasteiger partial charge in [0.2, 0.25) is 0 Å². The SMILES string of the molecule is CN1CCCN=C1NCC(C)(C)c1cccc(Cl)c1F. The van der Waals surface area contributed by atoms with Crippen LogP contribution in [-0.2, 0) is 5.41 Å². The van der Waals surface area contributed by atoms with Crippen molar-refractivity contribution in [3.05, 3.63) is 34.6 Å². The largest absolute Gasteiger partial charge is 0.355 e. The van der Waals surface area contributed by atoms with Crippen LogP contribution in [0, 0.1) is 5.82 Å². The van der Waals surface area contributed by atoms with Crippen LogP contribution in [0.5, 0.6) is 0 Å². The number of guanidine groups is 1. The summed E-state index contributed by atoms with van der Waals surface area (Å²) in [6.45, 7) is 6.44. The van der Waals surface area contributed by atoms with Crippen LogP contribution in [0.1, 0.15) is 25.8 Å². The molecule has 1 aromatic carbocycles. The molecule has 1 aromatic rings. The average molecular weight is 298 g/mol. The number of nitrogens with zero attached hydrogens (tertiary/aromatic N) is 2. The summed E-state index contributed by atoms with van der Waals surface area (Å²) < 4.78 is 14.1. The summed E-state index contributed by atoms with van der Waals surface area (Å²) in [7, 11) is 2.01. The van der Waals surface area contributed by atoms with E-state index in [1.165, 1.54) is 0 Å². The Morgan fingerprint density at radius 3 is 2.90 bits per heavy atom. The first kappa shape index (κ1) is 15.1. The average Bonchev–Trinajstić information content (AvgIpc) is 2.41. The first-order chi connectivity index (χ1) is 9.42. The highest BCUT2D eigenvalue weighted by Gasteiger charge is 2.26. The van der Waals surface area contributed by atoms with Crippen molar-refractivity contribution in [2.75, 3.05) is 26.7 Å². The molecule has 0 radical (unpaired) electrons. The van der Waals surface area contributed by atoms with Gasteiger partial charge in [0.15, 0.2) is 5.96 Å². The molecule has 0 saturated heterocycles. The van der Waals surface area contributed by atoms with Gasteiger partial charge in [-0.1, -0.05) is 37.6 Å². The first-order valence-electron chi connectivity index (χ1n) is 6.86. The zero-order valence-electron chi connectivity index (χ0n) is 12.2. The molecular weight excluding hydrogens is 277 g/mol. The molecule has 5 heteroatoms. The van der Waals surface area contributed by atoms with Gasteiger partial charge in [-0.25, -0.2) is 4.39 Å². The Bertz CT molecular complexity index is 514. The normalized spacial score (nSPS) is 16.1. The van der Waals surface area contributed by atoms with Crippen LogP contribution in [0.4, 0.5) is 4.39 Å². The predicted molar refractivity (Wildman–Crippen MR) is 82.0 cm³/mol. The van der Waals surface area contributed by atoms with Crippen molar-refractivity contribution in [3.8, 4) is 0 Å². The molecule has 1 aliphatic rings. The van der Waals surface area contributed by atoms with Gasteiger partial charge in [-0.3, -0.25) is 4.99 Å². The Hall–Kier alpha value is -1.29. The molecule has 0 aromatic heterocycles. The Balaban J connectivity index is 2.11. The van der Waals surface area contributed by atoms with Crippen molar-refractivity contribution in [1.29, 1.82) is 0 Å². The van der Waals surface area contributed by atoms with E-state index in [0.717, 1.165) is 25.5 Å². The van der Waals surface area contributed by atoms with Gasteiger partial charge in [0.05, 0.1) is 5.02 Å². The second-order valence-corrected chi connectivity index (χ2v) is 6.23. The summed E-state index contributed by atoms with van der Waals surface area (Å²) in [5.41, 5.74) is 0.257. The third kappa shape index (κ3) is 3.23. The molecule has 1 N–H and O–H groups in total. The van der Waals surface area contributed by atoms with Gasteiger partial charge in [-0.05, 0) is 18.1 Å². The third-order valence-corrected chi connectivity index (χ3v) is 3.94. The van der Waals surface area contributed by atoms with E-state index in [1.54, 1.807) is 18.2 Å². The lowest BCUT2D eigenvalue weighted by molar-refractivity contribution is 0.421. The molecule has 2 rings (SSSR count). The molecule has 0 saturated carbocycles. The van der Waals surface area contributed by atoms with Gasteiger partial charge >= 0.3 is 0 Å². The second kappa shape index (κ2) is 6.00. The van der Waals surface area contributed by atoms with E-state index in [-0.39, 0.29) is 16.3 Å². The molecule has 0 unspecified atom stereocenters. The highest BCUT2D eigenvalue weighted by atomic mass is 35.5. The lowest BCUT2D eigenvalue weighted by atomic mass is 9.84. The van der Waals surface area contributed by atoms with E-state index < -0.39 is 0 Å². The van der Waals surface area contributed by atoms with E-state index in [4.69, 9.17) is 11.6 Å². The standard InChI is InChI=1S/C15H21ClFN3/c1-15(2,11-6-4-7-12(16)13(11)17)10-19-14-18-8-5-9-20(14)3/h4,6-7H,5,8-10H2,1-3H3,(H,18,19). The van der Waals surface area contributed by atoms with Crippen molar-refractivity contribution >= 4 is 17.6 Å². The Morgan fingerprint density at radius 2 is 2.20 bits per heavy atom. The molecule has 20 heavy (non-hydrogen) atoms. The van der Waals surface area contributed by atoms with Crippen LogP contribution in [0.2, 0.25) is 5.02 Å². The van der Waals surface area contributed by atoms with Crippen LogP contribution >= 0.6 is 11.6 Å². The minimum Gasteiger partial charge on any atom is -0.355 e. The van der Waals surface area contributed by atoms with Crippen molar-refractivity contribution in [3.63, 3.8) is 0 Å². The molecule has 1 heterocycles. The summed E-state index contributed by atoms with van der Waals surface area (Å²) in [6, 6.07) is 5.14. The van der Waals surface area contributed by atoms with Crippen LogP contribution in [-0.4, -0.2) is 37.5 Å². The fraction of sp³-hybridized carbons (Fsp3) is 0.533. The minimum absolute atomic E-state index is 0.169. The van der Waals surface area contributed by atoms with Crippen LogP contribution in [0.25, 0.3) is 0 Å². The van der Waals surface area contributed by atoms with Crippen molar-refractivity contribution in [2.45, 2.75) is 25.7 Å². The number of halogens is 2. The van der Waals surface area contributed by atoms with Gasteiger partial charge in [-0.2, -0.15) is 0 Å². The van der Waals surface area contributed by atoms with Gasteiger partial charge in [-0.15, -0.1) is 0 Å². The second-order valence-electron chi connectivity index (χ2n) is 5.82. The summed E-state index contributed by atoms with van der Waals surface area (Å²) in [4.78, 5) is 6.55. The van der Waals surface area contributed by atoms with Crippen LogP contribution < -0.4 is 5.32 Å². The maximum atomic E-state index is 14.1. The topological polar surface area (TPSA) is 27.6 Å². The summed E-state index contributed by atoms with van der Waals surface area (Å²) in [6.07, 6.45) is 1.08. The molecule has 0 spiro atoms. The maximum Gasteiger partial charge on any atom is 0.193 e. The lowest BCUT2D eigenvalue weighted by Crippen LogP contribution is -2.46. The number of aliphatic imine (C=N–C) groups is 1. The monoisotopic (exact) mass is 297 g/mol. The van der Waals surface area contributed by atoms with Crippen molar-refractivity contribution in [2.24, 2.45) is 4.99 Å². The van der Waals surface area contributed by atoms with E-state index in [9.17, 15) is 4.39 Å². The number of benzene rings is 1. The number of hydrogen-bond donors (Lipinski definition) is 1. The quantitative estimate of drug-likeness (QED) is 0.928.